The maximum atomic E-state index is 12.4. The van der Waals surface area contributed by atoms with Crippen LogP contribution in [-0.4, -0.2) is 88.6 Å². The fourth-order valence-electron chi connectivity index (χ4n) is 4.34. The van der Waals surface area contributed by atoms with Gasteiger partial charge in [-0.1, -0.05) is 0 Å². The van der Waals surface area contributed by atoms with Crippen molar-refractivity contribution in [1.29, 1.82) is 0 Å². The second kappa shape index (κ2) is 7.84. The summed E-state index contributed by atoms with van der Waals surface area (Å²) in [4.78, 5) is 14.1. The molecule has 1 saturated carbocycles. The van der Waals surface area contributed by atoms with Crippen LogP contribution in [0, 0.1) is 0 Å². The summed E-state index contributed by atoms with van der Waals surface area (Å²) >= 11 is 0. The van der Waals surface area contributed by atoms with E-state index in [1.807, 2.05) is 0 Å². The Hall–Kier alpha value is -1.91. The molecule has 1 aromatic rings. The predicted molar refractivity (Wildman–Crippen MR) is 96.9 cm³/mol. The fourth-order valence-corrected chi connectivity index (χ4v) is 4.34. The van der Waals surface area contributed by atoms with E-state index in [1.54, 1.807) is 23.1 Å². The molecule has 6 atom stereocenters. The molecule has 156 valence electrons. The first kappa shape index (κ1) is 20.8. The molecule has 3 rings (SSSR count). The normalized spacial score (nSPS) is 35.3. The van der Waals surface area contributed by atoms with Crippen LogP contribution >= 0.6 is 0 Å². The number of esters is 1. The van der Waals surface area contributed by atoms with Crippen molar-refractivity contribution in [2.75, 3.05) is 21.3 Å². The molecule has 2 fully saturated rings. The Labute approximate surface area is 163 Å². The number of fused-ring (bicyclic) bond motifs is 1. The zero-order valence-electron chi connectivity index (χ0n) is 16.1. The van der Waals surface area contributed by atoms with Gasteiger partial charge in [0, 0.05) is 25.1 Å². The molecule has 0 amide bonds. The van der Waals surface area contributed by atoms with Gasteiger partial charge in [0.05, 0.1) is 27.4 Å². The number of ether oxygens (including phenoxy) is 3. The van der Waals surface area contributed by atoms with Gasteiger partial charge in [-0.25, -0.2) is 0 Å². The number of rotatable bonds is 5. The molecule has 1 aromatic carbocycles. The molecule has 0 bridgehead atoms. The van der Waals surface area contributed by atoms with E-state index in [9.17, 15) is 25.2 Å². The van der Waals surface area contributed by atoms with Gasteiger partial charge in [-0.3, -0.25) is 9.69 Å². The van der Waals surface area contributed by atoms with Crippen molar-refractivity contribution in [3.63, 3.8) is 0 Å². The van der Waals surface area contributed by atoms with Crippen LogP contribution in [-0.2, 0) is 16.1 Å². The van der Waals surface area contributed by atoms with Gasteiger partial charge in [0.2, 0.25) is 0 Å². The Morgan fingerprint density at radius 1 is 1.14 bits per heavy atom. The zero-order chi connectivity index (χ0) is 20.6. The monoisotopic (exact) mass is 397 g/mol. The molecule has 9 heteroatoms. The summed E-state index contributed by atoms with van der Waals surface area (Å²) in [6.45, 7) is 0.218. The van der Waals surface area contributed by atoms with E-state index < -0.39 is 42.0 Å². The van der Waals surface area contributed by atoms with Gasteiger partial charge < -0.3 is 34.6 Å². The number of aliphatic hydroxyl groups is 4. The van der Waals surface area contributed by atoms with E-state index in [-0.39, 0.29) is 19.4 Å². The van der Waals surface area contributed by atoms with Crippen LogP contribution in [0.1, 0.15) is 18.4 Å². The molecule has 1 aliphatic heterocycles. The van der Waals surface area contributed by atoms with Gasteiger partial charge in [-0.05, 0) is 24.1 Å². The highest BCUT2D eigenvalue weighted by Gasteiger charge is 2.62. The quantitative estimate of drug-likeness (QED) is 0.464. The van der Waals surface area contributed by atoms with Gasteiger partial charge in [0.25, 0.3) is 0 Å². The van der Waals surface area contributed by atoms with Gasteiger partial charge in [0.15, 0.2) is 0 Å². The van der Waals surface area contributed by atoms with Crippen molar-refractivity contribution in [2.45, 2.75) is 55.4 Å². The third-order valence-corrected chi connectivity index (χ3v) is 5.84. The van der Waals surface area contributed by atoms with Gasteiger partial charge >= 0.3 is 5.97 Å². The average Bonchev–Trinajstić information content (AvgIpc) is 2.98. The number of benzene rings is 1. The van der Waals surface area contributed by atoms with E-state index in [0.29, 0.717) is 11.5 Å². The Morgan fingerprint density at radius 2 is 1.75 bits per heavy atom. The Balaban J connectivity index is 1.98. The molecule has 1 aliphatic carbocycles. The summed E-state index contributed by atoms with van der Waals surface area (Å²) in [5, 5.41) is 41.7. The number of methoxy groups -OCH3 is 3. The first-order valence-electron chi connectivity index (χ1n) is 9.07. The fraction of sp³-hybridized carbons (Fsp3) is 0.632. The maximum Gasteiger partial charge on any atom is 0.323 e. The van der Waals surface area contributed by atoms with Gasteiger partial charge in [-0.15, -0.1) is 0 Å². The van der Waals surface area contributed by atoms with Crippen LogP contribution in [0.4, 0.5) is 0 Å². The largest absolute Gasteiger partial charge is 0.497 e. The van der Waals surface area contributed by atoms with E-state index in [1.165, 1.54) is 21.3 Å². The van der Waals surface area contributed by atoms with Crippen molar-refractivity contribution in [3.05, 3.63) is 23.8 Å². The van der Waals surface area contributed by atoms with E-state index in [0.717, 1.165) is 5.56 Å². The third-order valence-electron chi connectivity index (χ3n) is 5.84. The number of hydrogen-bond acceptors (Lipinski definition) is 9. The molecule has 2 aliphatic rings. The van der Waals surface area contributed by atoms with Crippen LogP contribution in [0.5, 0.6) is 11.5 Å². The summed E-state index contributed by atoms with van der Waals surface area (Å²) < 4.78 is 15.4. The molecule has 1 saturated heterocycles. The zero-order valence-corrected chi connectivity index (χ0v) is 16.1. The minimum Gasteiger partial charge on any atom is -0.497 e. The van der Waals surface area contributed by atoms with E-state index in [2.05, 4.69) is 0 Å². The first-order chi connectivity index (χ1) is 13.2. The van der Waals surface area contributed by atoms with Crippen LogP contribution in [0.2, 0.25) is 0 Å². The van der Waals surface area contributed by atoms with E-state index in [4.69, 9.17) is 14.2 Å². The number of carbonyl (C=O) groups is 1. The second-order valence-corrected chi connectivity index (χ2v) is 7.38. The summed E-state index contributed by atoms with van der Waals surface area (Å²) in [7, 11) is 4.31. The van der Waals surface area contributed by atoms with Crippen molar-refractivity contribution in [1.82, 2.24) is 4.90 Å². The Bertz CT molecular complexity index is 706. The number of aliphatic hydroxyl groups excluding tert-OH is 3. The van der Waals surface area contributed by atoms with Crippen LogP contribution in [0.25, 0.3) is 0 Å². The van der Waals surface area contributed by atoms with Crippen LogP contribution in [0.3, 0.4) is 0 Å². The highest BCUT2D eigenvalue weighted by Crippen LogP contribution is 2.44. The molecule has 0 unspecified atom stereocenters. The molecule has 1 heterocycles. The highest BCUT2D eigenvalue weighted by molar-refractivity contribution is 5.76. The predicted octanol–water partition coefficient (Wildman–Crippen LogP) is -0.963. The third kappa shape index (κ3) is 3.44. The van der Waals surface area contributed by atoms with E-state index >= 15 is 0 Å². The molecule has 9 nitrogen and oxygen atoms in total. The molecule has 0 radical (unpaired) electrons. The van der Waals surface area contributed by atoms with Gasteiger partial charge in [-0.2, -0.15) is 0 Å². The van der Waals surface area contributed by atoms with Crippen molar-refractivity contribution in [3.8, 4) is 11.5 Å². The lowest BCUT2D eigenvalue weighted by Crippen LogP contribution is -2.64. The minimum absolute atomic E-state index is 0.00330. The smallest absolute Gasteiger partial charge is 0.323 e. The van der Waals surface area contributed by atoms with Gasteiger partial charge in [0.1, 0.15) is 35.3 Å². The maximum absolute atomic E-state index is 12.4. The molecule has 4 N–H and O–H groups in total. The highest BCUT2D eigenvalue weighted by atomic mass is 16.5. The SMILES string of the molecule is COC(=O)[C@@H]1C[C@@]2(O)[C@@H](O)[C@@H](O)[C@@H](O)C[C@H]2N1Cc1cc(OC)cc(OC)c1. The lowest BCUT2D eigenvalue weighted by Gasteiger charge is -2.45. The lowest BCUT2D eigenvalue weighted by molar-refractivity contribution is -0.197. The molecular formula is C19H27NO8. The minimum atomic E-state index is -1.75. The summed E-state index contributed by atoms with van der Waals surface area (Å²) in [6, 6.07) is 3.68. The number of hydrogen-bond donors (Lipinski definition) is 4. The van der Waals surface area contributed by atoms with Crippen LogP contribution < -0.4 is 9.47 Å². The number of carbonyl (C=O) groups excluding carboxylic acids is 1. The molecule has 0 aromatic heterocycles. The van der Waals surface area contributed by atoms with Crippen LogP contribution in [0.15, 0.2) is 18.2 Å². The second-order valence-electron chi connectivity index (χ2n) is 7.38. The summed E-state index contributed by atoms with van der Waals surface area (Å²) in [5.41, 5.74) is -0.995. The Morgan fingerprint density at radius 3 is 2.29 bits per heavy atom. The summed E-state index contributed by atoms with van der Waals surface area (Å²) in [5.74, 6) is 0.573. The topological polar surface area (TPSA) is 129 Å². The average molecular weight is 397 g/mol. The van der Waals surface area contributed by atoms with Crippen molar-refractivity contribution < 1.29 is 39.4 Å². The Kier molecular flexibility index (Phi) is 5.83. The lowest BCUT2D eigenvalue weighted by atomic mass is 9.75. The molecule has 28 heavy (non-hydrogen) atoms. The first-order valence-corrected chi connectivity index (χ1v) is 9.07. The standard InChI is InChI=1S/C19H27NO8/c1-26-11-4-10(5-12(6-11)27-2)9-20-13(18(24)28-3)8-19(25)15(20)7-14(21)16(22)17(19)23/h4-6,13-17,21-23,25H,7-9H2,1-3H3/t13-,14-,15+,16-,17-,19-/m0/s1. The molecular weight excluding hydrogens is 370 g/mol. The van der Waals surface area contributed by atoms with Crippen molar-refractivity contribution in [2.24, 2.45) is 0 Å². The summed E-state index contributed by atoms with van der Waals surface area (Å²) in [6.07, 6.45) is -4.41. The number of likely N-dealkylation sites (tertiary alicyclic amines) is 1. The number of nitrogens with zero attached hydrogens (tertiary/aromatic N) is 1. The molecule has 0 spiro atoms. The van der Waals surface area contributed by atoms with Crippen molar-refractivity contribution >= 4 is 5.97 Å².